The number of rotatable bonds is 4. The highest BCUT2D eigenvalue weighted by Gasteiger charge is 2.28. The summed E-state index contributed by atoms with van der Waals surface area (Å²) in [5.74, 6) is -0.588. The molecule has 1 atom stereocenters. The van der Waals surface area contributed by atoms with E-state index >= 15 is 0 Å². The average Bonchev–Trinajstić information content (AvgIpc) is 3.08. The van der Waals surface area contributed by atoms with Crippen molar-refractivity contribution < 1.29 is 9.18 Å². The normalized spacial score (nSPS) is 17.9. The molecule has 2 aromatic carbocycles. The smallest absolute Gasteiger partial charge is 0.238 e. The Bertz CT molecular complexity index is 938. The number of halogens is 1. The average molecular weight is 383 g/mol. The molecule has 1 saturated heterocycles. The number of nitrogens with one attached hydrogen (secondary N) is 1. The van der Waals surface area contributed by atoms with Crippen molar-refractivity contribution in [2.24, 2.45) is 0 Å². The minimum Gasteiger partial charge on any atom is -0.322 e. The zero-order valence-electron chi connectivity index (χ0n) is 15.2. The summed E-state index contributed by atoms with van der Waals surface area (Å²) in [5.41, 5.74) is 2.07. The van der Waals surface area contributed by atoms with Crippen molar-refractivity contribution in [3.05, 3.63) is 58.9 Å². The van der Waals surface area contributed by atoms with E-state index in [2.05, 4.69) is 16.3 Å². The second-order valence-electron chi connectivity index (χ2n) is 7.03. The first-order valence-corrected chi connectivity index (χ1v) is 10.1. The van der Waals surface area contributed by atoms with Crippen LogP contribution in [0.4, 0.5) is 10.1 Å². The van der Waals surface area contributed by atoms with Gasteiger partial charge < -0.3 is 5.32 Å². The van der Waals surface area contributed by atoms with Crippen molar-refractivity contribution in [2.75, 3.05) is 18.4 Å². The number of carbonyl (C=O) groups excluding carboxylic acids is 1. The number of amides is 1. The Kier molecular flexibility index (Phi) is 5.18. The number of hydrogen-bond acceptors (Lipinski definition) is 4. The Morgan fingerprint density at radius 3 is 2.96 bits per heavy atom. The SMILES string of the molecule is Cc1ccc(NC(=O)CN2CCCC[C@H]2c2nc3ccccc3s2)c(F)c1. The van der Waals surface area contributed by atoms with Gasteiger partial charge in [0, 0.05) is 0 Å². The number of piperidine rings is 1. The first-order valence-electron chi connectivity index (χ1n) is 9.26. The lowest BCUT2D eigenvalue weighted by atomic mass is 10.0. The summed E-state index contributed by atoms with van der Waals surface area (Å²) >= 11 is 1.70. The van der Waals surface area contributed by atoms with Crippen molar-refractivity contribution in [3.8, 4) is 0 Å². The number of fused-ring (bicyclic) bond motifs is 1. The van der Waals surface area contributed by atoms with Gasteiger partial charge in [0.25, 0.3) is 0 Å². The van der Waals surface area contributed by atoms with Crippen molar-refractivity contribution in [1.82, 2.24) is 9.88 Å². The van der Waals surface area contributed by atoms with Gasteiger partial charge in [-0.2, -0.15) is 0 Å². The minimum absolute atomic E-state index is 0.143. The van der Waals surface area contributed by atoms with Crippen molar-refractivity contribution in [2.45, 2.75) is 32.2 Å². The van der Waals surface area contributed by atoms with Gasteiger partial charge in [-0.25, -0.2) is 9.37 Å². The number of likely N-dealkylation sites (tertiary alicyclic amines) is 1. The lowest BCUT2D eigenvalue weighted by Gasteiger charge is -2.33. The Balaban J connectivity index is 1.49. The Morgan fingerprint density at radius 2 is 2.15 bits per heavy atom. The number of nitrogens with zero attached hydrogens (tertiary/aromatic N) is 2. The molecule has 1 aliphatic rings. The predicted molar refractivity (Wildman–Crippen MR) is 108 cm³/mol. The molecule has 1 fully saturated rings. The van der Waals surface area contributed by atoms with E-state index < -0.39 is 5.82 Å². The first-order chi connectivity index (χ1) is 13.1. The van der Waals surface area contributed by atoms with E-state index in [1.807, 2.05) is 25.1 Å². The van der Waals surface area contributed by atoms with Crippen molar-refractivity contribution >= 4 is 33.1 Å². The number of benzene rings is 2. The number of aryl methyl sites for hydroxylation is 1. The molecule has 4 rings (SSSR count). The lowest BCUT2D eigenvalue weighted by molar-refractivity contribution is -0.118. The third-order valence-corrected chi connectivity index (χ3v) is 6.09. The van der Waals surface area contributed by atoms with E-state index in [4.69, 9.17) is 4.98 Å². The fourth-order valence-electron chi connectivity index (χ4n) is 3.59. The minimum atomic E-state index is -0.398. The molecule has 1 aliphatic heterocycles. The van der Waals surface area contributed by atoms with Crippen molar-refractivity contribution in [3.63, 3.8) is 0 Å². The monoisotopic (exact) mass is 383 g/mol. The van der Waals surface area contributed by atoms with E-state index in [1.54, 1.807) is 23.5 Å². The van der Waals surface area contributed by atoms with Gasteiger partial charge in [0.2, 0.25) is 5.91 Å². The van der Waals surface area contributed by atoms with E-state index in [-0.39, 0.29) is 24.2 Å². The summed E-state index contributed by atoms with van der Waals surface area (Å²) in [6.45, 7) is 2.92. The highest BCUT2D eigenvalue weighted by atomic mass is 32.1. The number of carbonyl (C=O) groups is 1. The molecule has 1 amide bonds. The molecule has 0 saturated carbocycles. The van der Waals surface area contributed by atoms with E-state index in [0.717, 1.165) is 41.9 Å². The van der Waals surface area contributed by atoms with E-state index in [0.29, 0.717) is 0 Å². The van der Waals surface area contributed by atoms with Crippen LogP contribution < -0.4 is 5.32 Å². The fourth-order valence-corrected chi connectivity index (χ4v) is 4.73. The fraction of sp³-hybridized carbons (Fsp3) is 0.333. The number of aromatic nitrogens is 1. The molecule has 140 valence electrons. The van der Waals surface area contributed by atoms with Gasteiger partial charge in [-0.05, 0) is 56.1 Å². The Labute approximate surface area is 162 Å². The lowest BCUT2D eigenvalue weighted by Crippen LogP contribution is -2.39. The van der Waals surface area contributed by atoms with E-state index in [9.17, 15) is 9.18 Å². The van der Waals surface area contributed by atoms with Gasteiger partial charge in [0.15, 0.2) is 0 Å². The topological polar surface area (TPSA) is 45.2 Å². The van der Waals surface area contributed by atoms with Crippen LogP contribution in [0.1, 0.15) is 35.9 Å². The van der Waals surface area contributed by atoms with Crippen LogP contribution in [-0.2, 0) is 4.79 Å². The molecule has 0 spiro atoms. The summed E-state index contributed by atoms with van der Waals surface area (Å²) < 4.78 is 15.2. The van der Waals surface area contributed by atoms with Crippen LogP contribution in [0.3, 0.4) is 0 Å². The maximum Gasteiger partial charge on any atom is 0.238 e. The zero-order chi connectivity index (χ0) is 18.8. The molecule has 0 bridgehead atoms. The standard InChI is InChI=1S/C21H22FN3OS/c1-14-9-10-16(15(22)12-14)23-20(26)13-25-11-5-4-7-18(25)21-24-17-6-2-3-8-19(17)27-21/h2-3,6,8-10,12,18H,4-5,7,11,13H2,1H3,(H,23,26)/t18-/m0/s1. The predicted octanol–water partition coefficient (Wildman–Crippen LogP) is 4.91. The summed E-state index contributed by atoms with van der Waals surface area (Å²) in [6, 6.07) is 13.1. The Morgan fingerprint density at radius 1 is 1.30 bits per heavy atom. The molecule has 0 radical (unpaired) electrons. The maximum absolute atomic E-state index is 14.0. The van der Waals surface area contributed by atoms with Crippen LogP contribution in [0.15, 0.2) is 42.5 Å². The molecule has 2 heterocycles. The largest absolute Gasteiger partial charge is 0.322 e. The maximum atomic E-state index is 14.0. The van der Waals surface area contributed by atoms with Crippen LogP contribution in [0.2, 0.25) is 0 Å². The number of hydrogen-bond donors (Lipinski definition) is 1. The number of anilines is 1. The third-order valence-electron chi connectivity index (χ3n) is 4.95. The van der Waals surface area contributed by atoms with Gasteiger partial charge in [0.05, 0.1) is 28.5 Å². The molecule has 6 heteroatoms. The number of thiazole rings is 1. The molecular weight excluding hydrogens is 361 g/mol. The molecule has 1 N–H and O–H groups in total. The van der Waals surface area contributed by atoms with Gasteiger partial charge in [0.1, 0.15) is 10.8 Å². The molecule has 0 unspecified atom stereocenters. The molecule has 27 heavy (non-hydrogen) atoms. The van der Waals surface area contributed by atoms with Crippen molar-refractivity contribution in [1.29, 1.82) is 0 Å². The van der Waals surface area contributed by atoms with Crippen LogP contribution in [0.25, 0.3) is 10.2 Å². The molecule has 4 nitrogen and oxygen atoms in total. The summed E-state index contributed by atoms with van der Waals surface area (Å²) in [7, 11) is 0. The third kappa shape index (κ3) is 4.01. The zero-order valence-corrected chi connectivity index (χ0v) is 16.1. The van der Waals surface area contributed by atoms with Crippen LogP contribution >= 0.6 is 11.3 Å². The van der Waals surface area contributed by atoms with Crippen LogP contribution in [0, 0.1) is 12.7 Å². The Hall–Kier alpha value is -2.31. The second-order valence-corrected chi connectivity index (χ2v) is 8.10. The summed E-state index contributed by atoms with van der Waals surface area (Å²) in [6.07, 6.45) is 3.19. The van der Waals surface area contributed by atoms with Crippen LogP contribution in [-0.4, -0.2) is 28.9 Å². The quantitative estimate of drug-likeness (QED) is 0.696. The highest BCUT2D eigenvalue weighted by molar-refractivity contribution is 7.18. The van der Waals surface area contributed by atoms with Gasteiger partial charge in [-0.1, -0.05) is 24.6 Å². The molecule has 0 aliphatic carbocycles. The van der Waals surface area contributed by atoms with E-state index in [1.165, 1.54) is 10.8 Å². The van der Waals surface area contributed by atoms with Crippen LogP contribution in [0.5, 0.6) is 0 Å². The van der Waals surface area contributed by atoms with Gasteiger partial charge >= 0.3 is 0 Å². The summed E-state index contributed by atoms with van der Waals surface area (Å²) in [5, 5.41) is 3.77. The van der Waals surface area contributed by atoms with Gasteiger partial charge in [-0.15, -0.1) is 11.3 Å². The number of para-hydroxylation sites is 1. The summed E-state index contributed by atoms with van der Waals surface area (Å²) in [4.78, 5) is 19.5. The molecule has 1 aromatic heterocycles. The highest BCUT2D eigenvalue weighted by Crippen LogP contribution is 2.35. The second kappa shape index (κ2) is 7.74. The first kappa shape index (κ1) is 18.1. The van der Waals surface area contributed by atoms with Gasteiger partial charge in [-0.3, -0.25) is 9.69 Å². The molecular formula is C21H22FN3OS. The molecule has 3 aromatic rings.